The number of hydrogen-bond acceptors (Lipinski definition) is 4. The highest BCUT2D eigenvalue weighted by Crippen LogP contribution is 2.31. The highest BCUT2D eigenvalue weighted by Gasteiger charge is 2.32. The van der Waals surface area contributed by atoms with Crippen molar-refractivity contribution in [1.29, 1.82) is 0 Å². The molecule has 0 radical (unpaired) electrons. The van der Waals surface area contributed by atoms with Crippen molar-refractivity contribution in [3.05, 3.63) is 126 Å². The van der Waals surface area contributed by atoms with Crippen molar-refractivity contribution in [3.63, 3.8) is 0 Å². The summed E-state index contributed by atoms with van der Waals surface area (Å²) >= 11 is 0. The Hall–Kier alpha value is -4.51. The monoisotopic (exact) mass is 526 g/mol. The van der Waals surface area contributed by atoms with Crippen LogP contribution in [0.25, 0.3) is 22.0 Å². The molecule has 0 atom stereocenters. The van der Waals surface area contributed by atoms with Crippen LogP contribution in [0.4, 0.5) is 5.82 Å². The molecule has 1 N–H and O–H groups in total. The zero-order valence-electron chi connectivity index (χ0n) is 22.7. The Morgan fingerprint density at radius 3 is 2.20 bits per heavy atom. The summed E-state index contributed by atoms with van der Waals surface area (Å²) in [6.07, 6.45) is 6.07. The minimum atomic E-state index is 0.242. The molecule has 1 aliphatic rings. The van der Waals surface area contributed by atoms with Gasteiger partial charge < -0.3 is 10.2 Å². The molecule has 200 valence electrons. The number of rotatable bonds is 11. The van der Waals surface area contributed by atoms with Gasteiger partial charge in [0.1, 0.15) is 12.1 Å². The fourth-order valence-electron chi connectivity index (χ4n) is 5.24. The number of benzene rings is 4. The zero-order chi connectivity index (χ0) is 27.1. The number of anilines is 1. The second kappa shape index (κ2) is 12.1. The van der Waals surface area contributed by atoms with E-state index in [-0.39, 0.29) is 5.91 Å². The molecule has 0 bridgehead atoms. The van der Waals surface area contributed by atoms with Crippen molar-refractivity contribution in [2.45, 2.75) is 44.7 Å². The molecule has 1 heterocycles. The van der Waals surface area contributed by atoms with Gasteiger partial charge in [-0.3, -0.25) is 4.79 Å². The summed E-state index contributed by atoms with van der Waals surface area (Å²) in [6.45, 7) is 1.44. The first-order valence-electron chi connectivity index (χ1n) is 14.2. The van der Waals surface area contributed by atoms with E-state index in [2.05, 4.69) is 99.0 Å². The highest BCUT2D eigenvalue weighted by molar-refractivity contribution is 5.92. The second-order valence-electron chi connectivity index (χ2n) is 10.6. The van der Waals surface area contributed by atoms with E-state index in [1.165, 1.54) is 11.1 Å². The number of fused-ring (bicyclic) bond motifs is 1. The molecule has 0 saturated heterocycles. The Labute approximate surface area is 235 Å². The molecule has 1 aliphatic carbocycles. The minimum absolute atomic E-state index is 0.242. The maximum Gasteiger partial charge on any atom is 0.223 e. The van der Waals surface area contributed by atoms with Crippen LogP contribution in [0.1, 0.15) is 36.0 Å². The van der Waals surface area contributed by atoms with E-state index in [0.29, 0.717) is 19.0 Å². The maximum atomic E-state index is 13.2. The summed E-state index contributed by atoms with van der Waals surface area (Å²) in [6, 6.07) is 36.0. The van der Waals surface area contributed by atoms with Gasteiger partial charge in [0, 0.05) is 30.9 Å². The van der Waals surface area contributed by atoms with E-state index in [4.69, 9.17) is 0 Å². The highest BCUT2D eigenvalue weighted by atomic mass is 16.2. The number of aryl methyl sites for hydroxylation is 1. The lowest BCUT2D eigenvalue weighted by Gasteiger charge is -2.23. The van der Waals surface area contributed by atoms with Crippen molar-refractivity contribution in [2.24, 2.45) is 0 Å². The topological polar surface area (TPSA) is 58.1 Å². The Morgan fingerprint density at radius 1 is 0.750 bits per heavy atom. The molecular formula is C35H34N4O. The summed E-state index contributed by atoms with van der Waals surface area (Å²) in [5.74, 6) is 1.09. The fraction of sp³-hybridized carbons (Fsp3) is 0.229. The van der Waals surface area contributed by atoms with Crippen LogP contribution in [-0.2, 0) is 24.2 Å². The normalized spacial score (nSPS) is 12.8. The van der Waals surface area contributed by atoms with Crippen molar-refractivity contribution in [2.75, 3.05) is 11.9 Å². The van der Waals surface area contributed by atoms with Gasteiger partial charge in [-0.15, -0.1) is 0 Å². The van der Waals surface area contributed by atoms with Crippen LogP contribution < -0.4 is 5.32 Å². The van der Waals surface area contributed by atoms with E-state index < -0.39 is 0 Å². The van der Waals surface area contributed by atoms with Gasteiger partial charge in [0.15, 0.2) is 0 Å². The zero-order valence-corrected chi connectivity index (χ0v) is 22.7. The molecule has 1 fully saturated rings. The predicted molar refractivity (Wildman–Crippen MR) is 162 cm³/mol. The Kier molecular flexibility index (Phi) is 7.80. The second-order valence-corrected chi connectivity index (χ2v) is 10.6. The van der Waals surface area contributed by atoms with Gasteiger partial charge in [-0.1, -0.05) is 84.9 Å². The van der Waals surface area contributed by atoms with Crippen LogP contribution in [0.15, 0.2) is 109 Å². The van der Waals surface area contributed by atoms with Gasteiger partial charge in [0.2, 0.25) is 5.91 Å². The van der Waals surface area contributed by atoms with E-state index in [9.17, 15) is 4.79 Å². The lowest BCUT2D eigenvalue weighted by atomic mass is 10.0. The molecule has 5 nitrogen and oxygen atoms in total. The van der Waals surface area contributed by atoms with Crippen LogP contribution in [0.3, 0.4) is 0 Å². The Balaban J connectivity index is 1.17. The average Bonchev–Trinajstić information content (AvgIpc) is 3.85. The smallest absolute Gasteiger partial charge is 0.223 e. The third kappa shape index (κ3) is 6.37. The molecule has 6 rings (SSSR count). The van der Waals surface area contributed by atoms with Crippen LogP contribution in [0.5, 0.6) is 0 Å². The summed E-state index contributed by atoms with van der Waals surface area (Å²) in [4.78, 5) is 24.3. The van der Waals surface area contributed by atoms with E-state index >= 15 is 0 Å². The Morgan fingerprint density at radius 2 is 1.45 bits per heavy atom. The lowest BCUT2D eigenvalue weighted by Crippen LogP contribution is -2.32. The van der Waals surface area contributed by atoms with E-state index in [0.717, 1.165) is 65.6 Å². The molecular weight excluding hydrogens is 492 g/mol. The summed E-state index contributed by atoms with van der Waals surface area (Å²) in [7, 11) is 0. The fourth-order valence-corrected chi connectivity index (χ4v) is 5.24. The third-order valence-electron chi connectivity index (χ3n) is 7.58. The number of carbonyl (C=O) groups excluding carboxylic acids is 1. The molecule has 1 saturated carbocycles. The largest absolute Gasteiger partial charge is 0.369 e. The number of hydrogen-bond donors (Lipinski definition) is 1. The molecule has 5 aromatic rings. The number of carbonyl (C=O) groups is 1. The number of nitrogens with zero attached hydrogens (tertiary/aromatic N) is 3. The van der Waals surface area contributed by atoms with Crippen molar-refractivity contribution in [1.82, 2.24) is 14.9 Å². The molecule has 40 heavy (non-hydrogen) atoms. The van der Waals surface area contributed by atoms with Gasteiger partial charge in [-0.2, -0.15) is 0 Å². The van der Waals surface area contributed by atoms with Crippen molar-refractivity contribution < 1.29 is 4.79 Å². The quantitative estimate of drug-likeness (QED) is 0.200. The molecule has 4 aromatic carbocycles. The van der Waals surface area contributed by atoms with Gasteiger partial charge in [-0.05, 0) is 71.7 Å². The summed E-state index contributed by atoms with van der Waals surface area (Å²) < 4.78 is 0. The molecule has 0 spiro atoms. The maximum absolute atomic E-state index is 13.2. The molecule has 0 unspecified atom stereocenters. The third-order valence-corrected chi connectivity index (χ3v) is 7.58. The summed E-state index contributed by atoms with van der Waals surface area (Å²) in [5.41, 5.74) is 6.83. The lowest BCUT2D eigenvalue weighted by molar-refractivity contribution is -0.132. The van der Waals surface area contributed by atoms with Gasteiger partial charge in [0.05, 0.1) is 5.52 Å². The molecule has 0 aliphatic heterocycles. The standard InChI is InChI=1S/C35H34N4O/c40-34(19-14-26-8-3-1-4-9-26)39(31-16-17-31)24-28-12-7-13-29(22-28)30-15-18-33-32(23-30)35(38-25-37-33)36-21-20-27-10-5-2-6-11-27/h1-13,15,18,22-23,25,31H,14,16-17,19-21,24H2,(H,36,37,38). The van der Waals surface area contributed by atoms with Crippen LogP contribution in [0.2, 0.25) is 0 Å². The van der Waals surface area contributed by atoms with Crippen LogP contribution in [-0.4, -0.2) is 33.4 Å². The average molecular weight is 527 g/mol. The molecule has 1 amide bonds. The number of amides is 1. The van der Waals surface area contributed by atoms with Crippen LogP contribution >= 0.6 is 0 Å². The van der Waals surface area contributed by atoms with Gasteiger partial charge in [0.25, 0.3) is 0 Å². The minimum Gasteiger partial charge on any atom is -0.369 e. The van der Waals surface area contributed by atoms with Gasteiger partial charge in [-0.25, -0.2) is 9.97 Å². The first kappa shape index (κ1) is 25.8. The number of aromatic nitrogens is 2. The molecule has 5 heteroatoms. The Bertz CT molecular complexity index is 1580. The number of nitrogens with one attached hydrogen (secondary N) is 1. The van der Waals surface area contributed by atoms with Crippen LogP contribution in [0, 0.1) is 0 Å². The van der Waals surface area contributed by atoms with E-state index in [1.54, 1.807) is 6.33 Å². The van der Waals surface area contributed by atoms with Crippen molar-refractivity contribution >= 4 is 22.6 Å². The van der Waals surface area contributed by atoms with E-state index in [1.807, 2.05) is 24.3 Å². The predicted octanol–water partition coefficient (Wildman–Crippen LogP) is 7.08. The SMILES string of the molecule is O=C(CCc1ccccc1)N(Cc1cccc(-c2ccc3ncnc(NCCc4ccccc4)c3c2)c1)C1CC1. The van der Waals surface area contributed by atoms with Crippen molar-refractivity contribution in [3.8, 4) is 11.1 Å². The first-order chi connectivity index (χ1) is 19.7. The first-order valence-corrected chi connectivity index (χ1v) is 14.2. The summed E-state index contributed by atoms with van der Waals surface area (Å²) in [5, 5.41) is 4.52. The van der Waals surface area contributed by atoms with Gasteiger partial charge >= 0.3 is 0 Å². The molecule has 1 aromatic heterocycles.